The van der Waals surface area contributed by atoms with E-state index in [1.165, 1.54) is 12.5 Å². The van der Waals surface area contributed by atoms with Crippen LogP contribution in [0.3, 0.4) is 0 Å². The zero-order valence-electron chi connectivity index (χ0n) is 24.1. The average molecular weight is 536 g/mol. The molecule has 2 aromatic rings. The third-order valence-corrected chi connectivity index (χ3v) is 7.62. The van der Waals surface area contributed by atoms with E-state index in [0.717, 1.165) is 35.6 Å². The summed E-state index contributed by atoms with van der Waals surface area (Å²) in [6.45, 7) is 10.9. The lowest BCUT2D eigenvalue weighted by atomic mass is 9.78. The molecule has 0 N–H and O–H groups in total. The first kappa shape index (κ1) is 28.8. The number of hydrogen-bond donors (Lipinski definition) is 0. The fourth-order valence-corrected chi connectivity index (χ4v) is 5.87. The minimum absolute atomic E-state index is 0.0491. The molecule has 4 atom stereocenters. The number of amides is 1. The van der Waals surface area contributed by atoms with Gasteiger partial charge in [0.05, 0.1) is 24.4 Å². The molecule has 0 aliphatic carbocycles. The lowest BCUT2D eigenvalue weighted by molar-refractivity contribution is -0.142. The SMILES string of the molecule is CCOc1ccc2c(c1)[C@@H]1C(OC)N(C)CC[C@H]1N=C2c1ccc(C(=O)N(C(C)C)[C@@H](C)COC(C)=O)cc1. The fraction of sp³-hybridized carbons (Fsp3) is 0.516. The van der Waals surface area contributed by atoms with Crippen LogP contribution in [0.15, 0.2) is 47.5 Å². The number of benzene rings is 2. The van der Waals surface area contributed by atoms with E-state index in [2.05, 4.69) is 24.1 Å². The second-order valence-electron chi connectivity index (χ2n) is 10.7. The van der Waals surface area contributed by atoms with Gasteiger partial charge in [-0.1, -0.05) is 12.1 Å². The fourth-order valence-electron chi connectivity index (χ4n) is 5.87. The number of methoxy groups -OCH3 is 1. The average Bonchev–Trinajstić information content (AvgIpc) is 2.91. The molecule has 210 valence electrons. The van der Waals surface area contributed by atoms with Gasteiger partial charge in [0.25, 0.3) is 5.91 Å². The van der Waals surface area contributed by atoms with Crippen LogP contribution in [-0.2, 0) is 14.3 Å². The van der Waals surface area contributed by atoms with Crippen LogP contribution in [0, 0.1) is 0 Å². The van der Waals surface area contributed by atoms with Gasteiger partial charge >= 0.3 is 5.97 Å². The van der Waals surface area contributed by atoms with Crippen LogP contribution in [0.1, 0.15) is 74.0 Å². The Bertz CT molecular complexity index is 1210. The molecule has 39 heavy (non-hydrogen) atoms. The summed E-state index contributed by atoms with van der Waals surface area (Å²) < 4.78 is 17.0. The highest BCUT2D eigenvalue weighted by molar-refractivity contribution is 6.15. The van der Waals surface area contributed by atoms with Crippen molar-refractivity contribution in [2.45, 2.75) is 71.3 Å². The van der Waals surface area contributed by atoms with E-state index < -0.39 is 0 Å². The topological polar surface area (TPSA) is 80.7 Å². The van der Waals surface area contributed by atoms with E-state index in [9.17, 15) is 9.59 Å². The minimum atomic E-state index is -0.354. The molecule has 8 heteroatoms. The Labute approximate surface area is 231 Å². The van der Waals surface area contributed by atoms with Crippen LogP contribution >= 0.6 is 0 Å². The van der Waals surface area contributed by atoms with Crippen LogP contribution in [0.25, 0.3) is 0 Å². The van der Waals surface area contributed by atoms with Gasteiger partial charge in [0, 0.05) is 49.2 Å². The molecule has 0 saturated carbocycles. The molecular weight excluding hydrogens is 494 g/mol. The third kappa shape index (κ3) is 6.02. The molecule has 8 nitrogen and oxygen atoms in total. The van der Waals surface area contributed by atoms with Crippen molar-refractivity contribution in [3.05, 3.63) is 64.7 Å². The lowest BCUT2D eigenvalue weighted by Crippen LogP contribution is -2.50. The number of ether oxygens (including phenoxy) is 3. The van der Waals surface area contributed by atoms with E-state index >= 15 is 0 Å². The number of carbonyl (C=O) groups is 2. The number of likely N-dealkylation sites (N-methyl/N-ethyl adjacent to an activating group) is 1. The molecule has 0 aromatic heterocycles. The maximum Gasteiger partial charge on any atom is 0.302 e. The summed E-state index contributed by atoms with van der Waals surface area (Å²) in [7, 11) is 3.86. The van der Waals surface area contributed by atoms with Crippen molar-refractivity contribution < 1.29 is 23.8 Å². The number of aliphatic imine (C=N–C) groups is 1. The van der Waals surface area contributed by atoms with Crippen molar-refractivity contribution in [2.24, 2.45) is 4.99 Å². The number of likely N-dealkylation sites (tertiary alicyclic amines) is 1. The molecule has 0 bridgehead atoms. The number of esters is 1. The van der Waals surface area contributed by atoms with E-state index in [0.29, 0.717) is 12.2 Å². The molecule has 2 aliphatic heterocycles. The highest BCUT2D eigenvalue weighted by Crippen LogP contribution is 2.42. The third-order valence-electron chi connectivity index (χ3n) is 7.62. The standard InChI is InChI=1S/C31H41N3O5/c1-8-38-24-13-14-25-26(17-24)28-27(15-16-33(6)31(28)37-7)32-29(25)22-9-11-23(12-10-22)30(36)34(19(2)3)20(4)18-39-21(5)35/h9-14,17,19-20,27-28,31H,8,15-16,18H2,1-7H3/t20-,27+,28-,31?/m0/s1. The molecule has 0 spiro atoms. The minimum Gasteiger partial charge on any atom is -0.494 e. The van der Waals surface area contributed by atoms with Crippen molar-refractivity contribution in [1.82, 2.24) is 9.80 Å². The maximum absolute atomic E-state index is 13.5. The Morgan fingerprint density at radius 2 is 1.85 bits per heavy atom. The smallest absolute Gasteiger partial charge is 0.302 e. The Balaban J connectivity index is 1.67. The van der Waals surface area contributed by atoms with Gasteiger partial charge in [0.15, 0.2) is 0 Å². The molecule has 2 aliphatic rings. The first-order valence-electron chi connectivity index (χ1n) is 13.8. The second-order valence-corrected chi connectivity index (χ2v) is 10.7. The molecule has 1 unspecified atom stereocenters. The second kappa shape index (κ2) is 12.3. The molecule has 2 heterocycles. The van der Waals surface area contributed by atoms with Gasteiger partial charge in [-0.25, -0.2) is 0 Å². The summed E-state index contributed by atoms with van der Waals surface area (Å²) in [6.07, 6.45) is 0.865. The van der Waals surface area contributed by atoms with Crippen LogP contribution in [0.5, 0.6) is 5.75 Å². The predicted molar refractivity (Wildman–Crippen MR) is 152 cm³/mol. The number of carbonyl (C=O) groups excluding carboxylic acids is 2. The van der Waals surface area contributed by atoms with E-state index in [1.54, 1.807) is 12.0 Å². The van der Waals surface area contributed by atoms with Gasteiger partial charge in [0.1, 0.15) is 18.6 Å². The number of fused-ring (bicyclic) bond motifs is 3. The summed E-state index contributed by atoms with van der Waals surface area (Å²) in [5.41, 5.74) is 4.72. The van der Waals surface area contributed by atoms with Gasteiger partial charge in [0.2, 0.25) is 0 Å². The predicted octanol–water partition coefficient (Wildman–Crippen LogP) is 4.50. The van der Waals surface area contributed by atoms with Gasteiger partial charge < -0.3 is 19.1 Å². The number of hydrogen-bond acceptors (Lipinski definition) is 7. The monoisotopic (exact) mass is 535 g/mol. The zero-order valence-corrected chi connectivity index (χ0v) is 24.1. The Morgan fingerprint density at radius 3 is 2.46 bits per heavy atom. The first-order chi connectivity index (χ1) is 18.7. The summed E-state index contributed by atoms with van der Waals surface area (Å²) >= 11 is 0. The number of piperidine rings is 1. The van der Waals surface area contributed by atoms with Crippen LogP contribution in [0.4, 0.5) is 0 Å². The highest BCUT2D eigenvalue weighted by atomic mass is 16.5. The summed E-state index contributed by atoms with van der Waals surface area (Å²) in [6, 6.07) is 13.7. The molecule has 2 aromatic carbocycles. The van der Waals surface area contributed by atoms with Crippen molar-refractivity contribution in [2.75, 3.05) is 33.9 Å². The number of nitrogens with zero attached hydrogens (tertiary/aromatic N) is 3. The molecule has 1 fully saturated rings. The summed E-state index contributed by atoms with van der Waals surface area (Å²) in [5.74, 6) is 0.499. The first-order valence-corrected chi connectivity index (χ1v) is 13.8. The molecule has 4 rings (SSSR count). The van der Waals surface area contributed by atoms with Crippen LogP contribution < -0.4 is 4.74 Å². The van der Waals surface area contributed by atoms with Crippen molar-refractivity contribution in [3.8, 4) is 5.75 Å². The molecule has 1 saturated heterocycles. The van der Waals surface area contributed by atoms with E-state index in [1.807, 2.05) is 58.0 Å². The van der Waals surface area contributed by atoms with Gasteiger partial charge in [-0.2, -0.15) is 0 Å². The van der Waals surface area contributed by atoms with Gasteiger partial charge in [-0.3, -0.25) is 19.5 Å². The van der Waals surface area contributed by atoms with Crippen molar-refractivity contribution in [1.29, 1.82) is 0 Å². The number of rotatable bonds is 9. The van der Waals surface area contributed by atoms with Crippen LogP contribution in [-0.4, -0.2) is 85.7 Å². The molecule has 0 radical (unpaired) electrons. The Kier molecular flexibility index (Phi) is 9.08. The Hall–Kier alpha value is -3.23. The lowest BCUT2D eigenvalue weighted by Gasteiger charge is -2.44. The Morgan fingerprint density at radius 1 is 1.13 bits per heavy atom. The van der Waals surface area contributed by atoms with E-state index in [4.69, 9.17) is 19.2 Å². The summed E-state index contributed by atoms with van der Waals surface area (Å²) in [5, 5.41) is 0. The largest absolute Gasteiger partial charge is 0.494 e. The maximum atomic E-state index is 13.5. The molecule has 1 amide bonds. The van der Waals surface area contributed by atoms with Crippen molar-refractivity contribution in [3.63, 3.8) is 0 Å². The zero-order chi connectivity index (χ0) is 28.3. The summed E-state index contributed by atoms with van der Waals surface area (Å²) in [4.78, 5) is 34.0. The molecular formula is C31H41N3O5. The van der Waals surface area contributed by atoms with Crippen molar-refractivity contribution >= 4 is 17.6 Å². The van der Waals surface area contributed by atoms with Gasteiger partial charge in [-0.15, -0.1) is 0 Å². The quantitative estimate of drug-likeness (QED) is 0.440. The van der Waals surface area contributed by atoms with Gasteiger partial charge in [-0.05, 0) is 77.1 Å². The normalized spacial score (nSPS) is 21.4. The van der Waals surface area contributed by atoms with Crippen LogP contribution in [0.2, 0.25) is 0 Å². The van der Waals surface area contributed by atoms with E-state index in [-0.39, 0.29) is 48.8 Å². The highest BCUT2D eigenvalue weighted by Gasteiger charge is 2.42.